The largest absolute Gasteiger partial charge is 0.508 e. The molecule has 0 aliphatic carbocycles. The lowest BCUT2D eigenvalue weighted by molar-refractivity contribution is 0.474. The van der Waals surface area contributed by atoms with Crippen LogP contribution in [0.15, 0.2) is 90.1 Å². The number of aromatic hydroxyl groups is 2. The molecule has 1 unspecified atom stereocenters. The first-order valence-corrected chi connectivity index (χ1v) is 10.8. The van der Waals surface area contributed by atoms with Crippen molar-refractivity contribution < 1.29 is 10.2 Å². The summed E-state index contributed by atoms with van der Waals surface area (Å²) in [6.45, 7) is 0. The third-order valence-electron chi connectivity index (χ3n) is 6.40. The van der Waals surface area contributed by atoms with Crippen molar-refractivity contribution in [2.45, 2.75) is 5.54 Å². The minimum absolute atomic E-state index is 0.120. The number of benzene rings is 3. The number of rotatable bonds is 4. The molecule has 3 aromatic carbocycles. The van der Waals surface area contributed by atoms with Crippen LogP contribution in [-0.2, 0) is 19.6 Å². The van der Waals surface area contributed by atoms with Crippen LogP contribution in [-0.4, -0.2) is 24.3 Å². The molecule has 5 rings (SSSR count). The summed E-state index contributed by atoms with van der Waals surface area (Å²) in [7, 11) is 3.61. The number of imidazole rings is 1. The molecule has 0 spiro atoms. The van der Waals surface area contributed by atoms with Crippen LogP contribution in [0.3, 0.4) is 0 Å². The van der Waals surface area contributed by atoms with Crippen LogP contribution < -0.4 is 11.3 Å². The zero-order valence-corrected chi connectivity index (χ0v) is 18.8. The van der Waals surface area contributed by atoms with Crippen molar-refractivity contribution in [1.82, 2.24) is 14.1 Å². The molecule has 1 atom stereocenters. The number of nitrogens with two attached hydrogens (primary N) is 1. The van der Waals surface area contributed by atoms with Gasteiger partial charge in [-0.15, -0.1) is 0 Å². The monoisotopic (exact) mass is 452 g/mol. The summed E-state index contributed by atoms with van der Waals surface area (Å²) in [5.74, 6) is 0.269. The molecule has 0 aliphatic heterocycles. The van der Waals surface area contributed by atoms with Crippen molar-refractivity contribution in [2.24, 2.45) is 19.8 Å². The maximum Gasteiger partial charge on any atom is 0.251 e. The Balaban J connectivity index is 1.84. The van der Waals surface area contributed by atoms with Gasteiger partial charge in [-0.05, 0) is 58.7 Å². The van der Waals surface area contributed by atoms with E-state index in [0.29, 0.717) is 5.56 Å². The predicted octanol–water partition coefficient (Wildman–Crippen LogP) is 3.60. The molecule has 0 fully saturated rings. The fraction of sp³-hybridized carbons (Fsp3) is 0.111. The Morgan fingerprint density at radius 3 is 2.29 bits per heavy atom. The summed E-state index contributed by atoms with van der Waals surface area (Å²) in [6, 6.07) is 21.0. The average Bonchev–Trinajstić information content (AvgIpc) is 3.27. The van der Waals surface area contributed by atoms with Crippen molar-refractivity contribution in [3.8, 4) is 22.6 Å². The Morgan fingerprint density at radius 2 is 1.62 bits per heavy atom. The third kappa shape index (κ3) is 3.34. The quantitative estimate of drug-likeness (QED) is 0.386. The van der Waals surface area contributed by atoms with Crippen LogP contribution >= 0.6 is 0 Å². The summed E-state index contributed by atoms with van der Waals surface area (Å²) >= 11 is 0. The zero-order chi connectivity index (χ0) is 24.0. The van der Waals surface area contributed by atoms with Gasteiger partial charge in [0.25, 0.3) is 5.56 Å². The van der Waals surface area contributed by atoms with Gasteiger partial charge in [0.05, 0.1) is 23.7 Å². The van der Waals surface area contributed by atoms with Gasteiger partial charge in [0, 0.05) is 25.5 Å². The summed E-state index contributed by atoms with van der Waals surface area (Å²) in [6.07, 6.45) is 3.42. The van der Waals surface area contributed by atoms with Crippen molar-refractivity contribution in [3.63, 3.8) is 0 Å². The maximum absolute atomic E-state index is 12.7. The number of hydrogen-bond acceptors (Lipinski definition) is 5. The highest BCUT2D eigenvalue weighted by molar-refractivity contribution is 5.95. The second-order valence-corrected chi connectivity index (χ2v) is 8.48. The average molecular weight is 453 g/mol. The van der Waals surface area contributed by atoms with Crippen molar-refractivity contribution >= 4 is 10.9 Å². The van der Waals surface area contributed by atoms with Crippen LogP contribution in [0.2, 0.25) is 0 Å². The number of nitrogens with zero attached hydrogens (tertiary/aromatic N) is 3. The van der Waals surface area contributed by atoms with Gasteiger partial charge in [-0.3, -0.25) is 4.79 Å². The summed E-state index contributed by atoms with van der Waals surface area (Å²) in [5.41, 5.74) is 10.4. The first kappa shape index (κ1) is 21.5. The number of phenols is 2. The lowest BCUT2D eigenvalue weighted by Gasteiger charge is -2.31. The number of pyridine rings is 1. The molecule has 2 heterocycles. The van der Waals surface area contributed by atoms with E-state index >= 15 is 0 Å². The van der Waals surface area contributed by atoms with Crippen molar-refractivity contribution in [1.29, 1.82) is 0 Å². The Morgan fingerprint density at radius 1 is 0.882 bits per heavy atom. The van der Waals surface area contributed by atoms with Crippen LogP contribution in [0.4, 0.5) is 0 Å². The first-order valence-electron chi connectivity index (χ1n) is 10.8. The van der Waals surface area contributed by atoms with E-state index in [1.165, 1.54) is 0 Å². The fourth-order valence-electron chi connectivity index (χ4n) is 4.54. The first-order chi connectivity index (χ1) is 16.3. The van der Waals surface area contributed by atoms with Gasteiger partial charge >= 0.3 is 0 Å². The number of hydrogen-bond donors (Lipinski definition) is 3. The molecule has 7 heteroatoms. The zero-order valence-electron chi connectivity index (χ0n) is 18.8. The Hall–Kier alpha value is -4.36. The Bertz CT molecular complexity index is 1580. The molecule has 4 N–H and O–H groups in total. The van der Waals surface area contributed by atoms with E-state index in [1.54, 1.807) is 72.7 Å². The summed E-state index contributed by atoms with van der Waals surface area (Å²) in [5, 5.41) is 20.7. The highest BCUT2D eigenvalue weighted by Gasteiger charge is 2.35. The summed E-state index contributed by atoms with van der Waals surface area (Å²) in [4.78, 5) is 17.0. The van der Waals surface area contributed by atoms with E-state index in [-0.39, 0.29) is 17.1 Å². The normalized spacial score (nSPS) is 13.1. The van der Waals surface area contributed by atoms with Gasteiger partial charge in [0.15, 0.2) is 0 Å². The lowest BCUT2D eigenvalue weighted by atomic mass is 9.80. The third-order valence-corrected chi connectivity index (χ3v) is 6.40. The van der Waals surface area contributed by atoms with Crippen molar-refractivity contribution in [2.75, 3.05) is 0 Å². The van der Waals surface area contributed by atoms with Crippen LogP contribution in [0, 0.1) is 0 Å². The molecule has 0 amide bonds. The second-order valence-electron chi connectivity index (χ2n) is 8.48. The molecule has 0 saturated heterocycles. The molecule has 7 nitrogen and oxygen atoms in total. The van der Waals surface area contributed by atoms with Gasteiger partial charge in [0.2, 0.25) is 0 Å². The standard InChI is InChI=1S/C27H24N4O3/c1-30-16-29-15-25(30)27(28,18-6-9-20(32)10-7-18)19-8-11-24-23(13-19)22(14-26(34)31(24)2)17-4-3-5-21(33)12-17/h3-16,32-33H,28H2,1-2H3. The van der Waals surface area contributed by atoms with Crippen LogP contribution in [0.5, 0.6) is 11.5 Å². The lowest BCUT2D eigenvalue weighted by Crippen LogP contribution is -2.41. The van der Waals surface area contributed by atoms with E-state index in [4.69, 9.17) is 5.73 Å². The molecule has 5 aromatic rings. The van der Waals surface area contributed by atoms with Gasteiger partial charge < -0.3 is 25.1 Å². The van der Waals surface area contributed by atoms with E-state index in [9.17, 15) is 15.0 Å². The Kier molecular flexibility index (Phi) is 4.99. The number of aromatic nitrogens is 3. The molecular weight excluding hydrogens is 428 g/mol. The predicted molar refractivity (Wildman–Crippen MR) is 132 cm³/mol. The Labute approximate surface area is 196 Å². The maximum atomic E-state index is 12.7. The smallest absolute Gasteiger partial charge is 0.251 e. The number of aryl methyl sites for hydroxylation is 2. The second kappa shape index (κ2) is 7.90. The van der Waals surface area contributed by atoms with Crippen LogP contribution in [0.25, 0.3) is 22.0 Å². The molecule has 34 heavy (non-hydrogen) atoms. The molecule has 2 aromatic heterocycles. The number of phenolic OH excluding ortho intramolecular Hbond substituents is 2. The highest BCUT2D eigenvalue weighted by atomic mass is 16.3. The van der Waals surface area contributed by atoms with Gasteiger partial charge in [-0.25, -0.2) is 4.98 Å². The minimum Gasteiger partial charge on any atom is -0.508 e. The van der Waals surface area contributed by atoms with Gasteiger partial charge in [-0.2, -0.15) is 0 Å². The van der Waals surface area contributed by atoms with E-state index in [1.807, 2.05) is 35.9 Å². The van der Waals surface area contributed by atoms with E-state index < -0.39 is 5.54 Å². The molecule has 0 saturated carbocycles. The molecule has 0 aliphatic rings. The van der Waals surface area contributed by atoms with E-state index in [0.717, 1.165) is 33.3 Å². The highest BCUT2D eigenvalue weighted by Crippen LogP contribution is 2.38. The van der Waals surface area contributed by atoms with Crippen LogP contribution in [0.1, 0.15) is 16.8 Å². The van der Waals surface area contributed by atoms with Gasteiger partial charge in [-0.1, -0.05) is 30.3 Å². The SMILES string of the molecule is Cn1cncc1C(N)(c1ccc(O)cc1)c1ccc2c(c1)c(-c1cccc(O)c1)cc(=O)n2C. The number of fused-ring (bicyclic) bond motifs is 1. The minimum atomic E-state index is -1.09. The van der Waals surface area contributed by atoms with E-state index in [2.05, 4.69) is 4.98 Å². The molecule has 0 bridgehead atoms. The van der Waals surface area contributed by atoms with Crippen molar-refractivity contribution in [3.05, 3.63) is 112 Å². The van der Waals surface area contributed by atoms with Gasteiger partial charge in [0.1, 0.15) is 17.0 Å². The molecule has 0 radical (unpaired) electrons. The molecular formula is C27H24N4O3. The summed E-state index contributed by atoms with van der Waals surface area (Å²) < 4.78 is 3.46. The fourth-order valence-corrected chi connectivity index (χ4v) is 4.54. The molecule has 170 valence electrons. The topological polar surface area (TPSA) is 106 Å².